The molecule has 0 aliphatic carbocycles. The summed E-state index contributed by atoms with van der Waals surface area (Å²) < 4.78 is 6.57. The third-order valence-electron chi connectivity index (χ3n) is 4.55. The molecule has 1 aromatic heterocycles. The summed E-state index contributed by atoms with van der Waals surface area (Å²) in [7, 11) is 0. The molecule has 2 heterocycles. The van der Waals surface area contributed by atoms with E-state index in [2.05, 4.69) is 25.9 Å². The molecule has 0 spiro atoms. The molecule has 132 valence electrons. The van der Waals surface area contributed by atoms with Crippen molar-refractivity contribution in [1.82, 2.24) is 14.9 Å². The van der Waals surface area contributed by atoms with Crippen molar-refractivity contribution in [1.29, 1.82) is 0 Å². The summed E-state index contributed by atoms with van der Waals surface area (Å²) in [5.74, 6) is 0. The molecule has 1 aliphatic heterocycles. The van der Waals surface area contributed by atoms with Crippen LogP contribution in [0.25, 0.3) is 0 Å². The Labute approximate surface area is 160 Å². The maximum absolute atomic E-state index is 12.8. The molecular weight excluding hydrogens is 394 g/mol. The number of imidazole rings is 1. The van der Waals surface area contributed by atoms with Crippen LogP contribution in [0, 0.1) is 0 Å². The summed E-state index contributed by atoms with van der Waals surface area (Å²) in [5.41, 5.74) is 3.94. The Balaban J connectivity index is 1.59. The molecule has 1 atom stereocenters. The summed E-state index contributed by atoms with van der Waals surface area (Å²) in [6.45, 7) is 0.847. The van der Waals surface area contributed by atoms with Gasteiger partial charge in [-0.25, -0.2) is 9.78 Å². The SMILES string of the molecule is O=C(OCc1ccccc1)N1CCc2[nH]cnc2C1c1ccc(Br)cc1. The highest BCUT2D eigenvalue weighted by Crippen LogP contribution is 2.34. The zero-order chi connectivity index (χ0) is 17.9. The van der Waals surface area contributed by atoms with Gasteiger partial charge < -0.3 is 9.72 Å². The Morgan fingerprint density at radius 1 is 1.19 bits per heavy atom. The number of amides is 1. The molecule has 1 amide bonds. The van der Waals surface area contributed by atoms with E-state index < -0.39 is 0 Å². The average Bonchev–Trinajstić information content (AvgIpc) is 3.16. The normalized spacial score (nSPS) is 16.2. The predicted octanol–water partition coefficient (Wildman–Crippen LogP) is 4.46. The van der Waals surface area contributed by atoms with Crippen molar-refractivity contribution in [2.75, 3.05) is 6.54 Å². The second-order valence-corrected chi connectivity index (χ2v) is 7.12. The van der Waals surface area contributed by atoms with Crippen LogP contribution in [0.5, 0.6) is 0 Å². The molecule has 0 saturated heterocycles. The molecule has 1 N–H and O–H groups in total. The van der Waals surface area contributed by atoms with Crippen LogP contribution in [-0.2, 0) is 17.8 Å². The fourth-order valence-electron chi connectivity index (χ4n) is 3.26. The van der Waals surface area contributed by atoms with Crippen molar-refractivity contribution in [3.63, 3.8) is 0 Å². The van der Waals surface area contributed by atoms with Crippen LogP contribution in [0.3, 0.4) is 0 Å². The smallest absolute Gasteiger partial charge is 0.410 e. The second kappa shape index (κ2) is 7.33. The third kappa shape index (κ3) is 3.37. The average molecular weight is 412 g/mol. The second-order valence-electron chi connectivity index (χ2n) is 6.20. The van der Waals surface area contributed by atoms with Gasteiger partial charge in [0.2, 0.25) is 0 Å². The lowest BCUT2D eigenvalue weighted by molar-refractivity contribution is 0.0829. The summed E-state index contributed by atoms with van der Waals surface area (Å²) in [6.07, 6.45) is 2.11. The Bertz CT molecular complexity index is 893. The van der Waals surface area contributed by atoms with Gasteiger partial charge in [0.1, 0.15) is 12.6 Å². The van der Waals surface area contributed by atoms with Crippen molar-refractivity contribution in [2.45, 2.75) is 19.1 Å². The van der Waals surface area contributed by atoms with Gasteiger partial charge in [-0.15, -0.1) is 0 Å². The first-order chi connectivity index (χ1) is 12.7. The third-order valence-corrected chi connectivity index (χ3v) is 5.08. The van der Waals surface area contributed by atoms with Gasteiger partial charge in [0, 0.05) is 23.1 Å². The molecule has 26 heavy (non-hydrogen) atoms. The van der Waals surface area contributed by atoms with E-state index in [4.69, 9.17) is 4.74 Å². The highest BCUT2D eigenvalue weighted by Gasteiger charge is 2.34. The number of aromatic nitrogens is 2. The fraction of sp³-hybridized carbons (Fsp3) is 0.200. The quantitative estimate of drug-likeness (QED) is 0.691. The van der Waals surface area contributed by atoms with Gasteiger partial charge in [-0.1, -0.05) is 58.4 Å². The van der Waals surface area contributed by atoms with Gasteiger partial charge in [-0.3, -0.25) is 4.90 Å². The number of nitrogens with one attached hydrogen (secondary N) is 1. The van der Waals surface area contributed by atoms with E-state index in [0.29, 0.717) is 6.54 Å². The largest absolute Gasteiger partial charge is 0.445 e. The van der Waals surface area contributed by atoms with Crippen LogP contribution in [0.1, 0.15) is 28.6 Å². The number of H-pyrrole nitrogens is 1. The highest BCUT2D eigenvalue weighted by molar-refractivity contribution is 9.10. The first kappa shape index (κ1) is 16.8. The van der Waals surface area contributed by atoms with E-state index in [1.54, 1.807) is 11.2 Å². The number of carbonyl (C=O) groups excluding carboxylic acids is 1. The highest BCUT2D eigenvalue weighted by atomic mass is 79.9. The van der Waals surface area contributed by atoms with Gasteiger partial charge in [0.25, 0.3) is 0 Å². The number of ether oxygens (including phenoxy) is 1. The number of nitrogens with zero attached hydrogens (tertiary/aromatic N) is 2. The number of hydrogen-bond acceptors (Lipinski definition) is 3. The van der Waals surface area contributed by atoms with E-state index in [0.717, 1.165) is 33.4 Å². The predicted molar refractivity (Wildman–Crippen MR) is 102 cm³/mol. The van der Waals surface area contributed by atoms with Gasteiger partial charge in [-0.2, -0.15) is 0 Å². The Hall–Kier alpha value is -2.60. The van der Waals surface area contributed by atoms with Crippen molar-refractivity contribution < 1.29 is 9.53 Å². The Morgan fingerprint density at radius 2 is 1.96 bits per heavy atom. The monoisotopic (exact) mass is 411 g/mol. The molecule has 3 aromatic rings. The molecule has 6 heteroatoms. The number of rotatable bonds is 3. The van der Waals surface area contributed by atoms with Crippen LogP contribution in [0.4, 0.5) is 4.79 Å². The number of benzene rings is 2. The topological polar surface area (TPSA) is 58.2 Å². The zero-order valence-electron chi connectivity index (χ0n) is 14.1. The number of fused-ring (bicyclic) bond motifs is 1. The molecular formula is C20H18BrN3O2. The van der Waals surface area contributed by atoms with Crippen molar-refractivity contribution in [2.24, 2.45) is 0 Å². The maximum Gasteiger partial charge on any atom is 0.410 e. The lowest BCUT2D eigenvalue weighted by Crippen LogP contribution is -2.41. The van der Waals surface area contributed by atoms with Crippen LogP contribution in [0.2, 0.25) is 0 Å². The molecule has 0 bridgehead atoms. The molecule has 0 radical (unpaired) electrons. The summed E-state index contributed by atoms with van der Waals surface area (Å²) >= 11 is 3.46. The van der Waals surface area contributed by atoms with E-state index in [1.807, 2.05) is 54.6 Å². The number of carbonyl (C=O) groups is 1. The number of aromatic amines is 1. The number of halogens is 1. The summed E-state index contributed by atoms with van der Waals surface area (Å²) in [6, 6.07) is 17.4. The minimum absolute atomic E-state index is 0.249. The van der Waals surface area contributed by atoms with E-state index in [9.17, 15) is 4.79 Å². The first-order valence-electron chi connectivity index (χ1n) is 8.47. The van der Waals surface area contributed by atoms with Crippen LogP contribution < -0.4 is 0 Å². The first-order valence-corrected chi connectivity index (χ1v) is 9.26. The molecule has 0 fully saturated rings. The van der Waals surface area contributed by atoms with Crippen molar-refractivity contribution in [3.05, 3.63) is 87.9 Å². The van der Waals surface area contributed by atoms with Crippen LogP contribution in [0.15, 0.2) is 65.4 Å². The van der Waals surface area contributed by atoms with Crippen LogP contribution in [-0.4, -0.2) is 27.5 Å². The fourth-order valence-corrected chi connectivity index (χ4v) is 3.52. The minimum Gasteiger partial charge on any atom is -0.445 e. The lowest BCUT2D eigenvalue weighted by atomic mass is 9.96. The van der Waals surface area contributed by atoms with E-state index in [1.165, 1.54) is 0 Å². The van der Waals surface area contributed by atoms with Gasteiger partial charge in [0.15, 0.2) is 0 Å². The number of hydrogen-bond donors (Lipinski definition) is 1. The van der Waals surface area contributed by atoms with Crippen molar-refractivity contribution in [3.8, 4) is 0 Å². The molecule has 4 rings (SSSR count). The molecule has 1 unspecified atom stereocenters. The molecule has 1 aliphatic rings. The molecule has 2 aromatic carbocycles. The summed E-state index contributed by atoms with van der Waals surface area (Å²) in [4.78, 5) is 22.2. The van der Waals surface area contributed by atoms with Gasteiger partial charge in [-0.05, 0) is 23.3 Å². The summed E-state index contributed by atoms with van der Waals surface area (Å²) in [5, 5.41) is 0. The van der Waals surface area contributed by atoms with Gasteiger partial charge in [0.05, 0.1) is 12.0 Å². The van der Waals surface area contributed by atoms with Crippen LogP contribution >= 0.6 is 15.9 Å². The lowest BCUT2D eigenvalue weighted by Gasteiger charge is -2.34. The van der Waals surface area contributed by atoms with Crippen molar-refractivity contribution >= 4 is 22.0 Å². The zero-order valence-corrected chi connectivity index (χ0v) is 15.6. The minimum atomic E-state index is -0.324. The van der Waals surface area contributed by atoms with E-state index in [-0.39, 0.29) is 18.7 Å². The Kier molecular flexibility index (Phi) is 4.75. The maximum atomic E-state index is 12.8. The standard InChI is InChI=1S/C20H18BrN3O2/c21-16-8-6-15(7-9-16)19-18-17(22-13-23-18)10-11-24(19)20(25)26-12-14-4-2-1-3-5-14/h1-9,13,19H,10-12H2,(H,22,23). The Morgan fingerprint density at radius 3 is 2.73 bits per heavy atom. The molecule has 5 nitrogen and oxygen atoms in total. The van der Waals surface area contributed by atoms with Gasteiger partial charge >= 0.3 is 6.09 Å². The molecule has 0 saturated carbocycles. The van der Waals surface area contributed by atoms with E-state index >= 15 is 0 Å².